The summed E-state index contributed by atoms with van der Waals surface area (Å²) in [6.07, 6.45) is 62.0. The summed E-state index contributed by atoms with van der Waals surface area (Å²) in [4.78, 5) is 38.0. The third-order valence-electron chi connectivity index (χ3n) is 11.3. The van der Waals surface area contributed by atoms with Gasteiger partial charge in [0.15, 0.2) is 6.10 Å². The van der Waals surface area contributed by atoms with Crippen molar-refractivity contribution in [3.8, 4) is 0 Å². The number of rotatable bonds is 47. The molecule has 62 heavy (non-hydrogen) atoms. The molecule has 6 nitrogen and oxygen atoms in total. The van der Waals surface area contributed by atoms with Crippen molar-refractivity contribution >= 4 is 17.9 Å². The largest absolute Gasteiger partial charge is 0.462 e. The van der Waals surface area contributed by atoms with Gasteiger partial charge in [0.2, 0.25) is 0 Å². The molecule has 0 aliphatic rings. The Morgan fingerprint density at radius 3 is 1.00 bits per heavy atom. The van der Waals surface area contributed by atoms with E-state index < -0.39 is 6.10 Å². The normalized spacial score (nSPS) is 12.5. The fourth-order valence-electron chi connectivity index (χ4n) is 7.31. The van der Waals surface area contributed by atoms with E-state index in [-0.39, 0.29) is 31.1 Å². The smallest absolute Gasteiger partial charge is 0.306 e. The molecule has 358 valence electrons. The third-order valence-corrected chi connectivity index (χ3v) is 11.3. The fourth-order valence-corrected chi connectivity index (χ4v) is 7.31. The zero-order valence-corrected chi connectivity index (χ0v) is 40.9. The minimum atomic E-state index is -0.783. The second kappa shape index (κ2) is 50.8. The number of hydrogen-bond donors (Lipinski definition) is 0. The molecule has 0 aromatic heterocycles. The van der Waals surface area contributed by atoms with Gasteiger partial charge in [-0.15, -0.1) is 0 Å². The summed E-state index contributed by atoms with van der Waals surface area (Å²) in [6.45, 7) is 6.49. The summed E-state index contributed by atoms with van der Waals surface area (Å²) in [6, 6.07) is 0. The van der Waals surface area contributed by atoms with Crippen LogP contribution in [0.3, 0.4) is 0 Å². The van der Waals surface area contributed by atoms with E-state index in [0.717, 1.165) is 109 Å². The van der Waals surface area contributed by atoms with E-state index in [4.69, 9.17) is 14.2 Å². The lowest BCUT2D eigenvalue weighted by Crippen LogP contribution is -2.30. The van der Waals surface area contributed by atoms with Crippen LogP contribution in [0.15, 0.2) is 60.8 Å². The van der Waals surface area contributed by atoms with Crippen LogP contribution >= 0.6 is 0 Å². The number of carbonyl (C=O) groups excluding carboxylic acids is 3. The van der Waals surface area contributed by atoms with Crippen molar-refractivity contribution < 1.29 is 28.6 Å². The maximum atomic E-state index is 12.8. The molecule has 0 aliphatic carbocycles. The Kier molecular flexibility index (Phi) is 48.4. The van der Waals surface area contributed by atoms with Crippen molar-refractivity contribution in [2.45, 2.75) is 264 Å². The van der Waals surface area contributed by atoms with Crippen LogP contribution in [0.25, 0.3) is 0 Å². The van der Waals surface area contributed by atoms with Gasteiger partial charge >= 0.3 is 17.9 Å². The summed E-state index contributed by atoms with van der Waals surface area (Å²) in [7, 11) is 0. The molecule has 0 aromatic rings. The second-order valence-electron chi connectivity index (χ2n) is 17.4. The topological polar surface area (TPSA) is 78.9 Å². The molecule has 0 saturated carbocycles. The Morgan fingerprint density at radius 1 is 0.339 bits per heavy atom. The van der Waals surface area contributed by atoms with Gasteiger partial charge in [-0.25, -0.2) is 0 Å². The molecule has 1 atom stereocenters. The first-order valence-electron chi connectivity index (χ1n) is 26.3. The first-order chi connectivity index (χ1) is 30.5. The zero-order valence-electron chi connectivity index (χ0n) is 40.9. The van der Waals surface area contributed by atoms with E-state index >= 15 is 0 Å². The first-order valence-corrected chi connectivity index (χ1v) is 26.3. The highest BCUT2D eigenvalue weighted by molar-refractivity contribution is 5.71. The Morgan fingerprint density at radius 2 is 0.629 bits per heavy atom. The molecule has 0 rings (SSSR count). The highest BCUT2D eigenvalue weighted by Gasteiger charge is 2.19. The molecular formula is C56H98O6. The predicted molar refractivity (Wildman–Crippen MR) is 265 cm³/mol. The number of esters is 3. The average molecular weight is 867 g/mol. The molecule has 0 spiro atoms. The lowest BCUT2D eigenvalue weighted by atomic mass is 10.1. The molecule has 0 N–H and O–H groups in total. The van der Waals surface area contributed by atoms with Crippen molar-refractivity contribution in [1.29, 1.82) is 0 Å². The van der Waals surface area contributed by atoms with Gasteiger partial charge in [0, 0.05) is 19.3 Å². The highest BCUT2D eigenvalue weighted by Crippen LogP contribution is 2.15. The Labute approximate surface area is 383 Å². The minimum Gasteiger partial charge on any atom is -0.462 e. The van der Waals surface area contributed by atoms with Crippen LogP contribution in [0.2, 0.25) is 0 Å². The van der Waals surface area contributed by atoms with Gasteiger partial charge in [0.25, 0.3) is 0 Å². The Bertz CT molecular complexity index is 1130. The molecule has 0 fully saturated rings. The Hall–Kier alpha value is -2.89. The van der Waals surface area contributed by atoms with Gasteiger partial charge < -0.3 is 14.2 Å². The van der Waals surface area contributed by atoms with Crippen LogP contribution in [0.4, 0.5) is 0 Å². The van der Waals surface area contributed by atoms with Crippen LogP contribution in [0, 0.1) is 0 Å². The van der Waals surface area contributed by atoms with Crippen LogP contribution in [0.1, 0.15) is 258 Å². The van der Waals surface area contributed by atoms with E-state index in [1.54, 1.807) is 0 Å². The number of allylic oxidation sites excluding steroid dienone is 10. The van der Waals surface area contributed by atoms with Gasteiger partial charge in [0.05, 0.1) is 0 Å². The molecule has 0 radical (unpaired) electrons. The average Bonchev–Trinajstić information content (AvgIpc) is 3.27. The molecule has 0 aromatic carbocycles. The Balaban J connectivity index is 4.39. The highest BCUT2D eigenvalue weighted by atomic mass is 16.6. The van der Waals surface area contributed by atoms with Gasteiger partial charge in [0.1, 0.15) is 13.2 Å². The lowest BCUT2D eigenvalue weighted by Gasteiger charge is -2.18. The molecule has 0 heterocycles. The van der Waals surface area contributed by atoms with Crippen LogP contribution in [-0.2, 0) is 28.6 Å². The summed E-state index contributed by atoms with van der Waals surface area (Å²) >= 11 is 0. The standard InChI is InChI=1S/C56H98O6/c1-4-7-10-13-16-19-22-24-26-28-30-31-34-37-40-43-46-49-55(58)61-52-53(51-60-54(57)48-45-42-39-36-33-21-18-15-12-9-6-3)62-56(59)50-47-44-41-38-35-32-29-27-25-23-20-17-14-11-8-5-2/h7,10,16,19-20,23-24,26-27,29,53H,4-6,8-9,11-15,17-18,21-22,25,28,30-52H2,1-3H3/b10-7-,19-16-,23-20-,26-24-,29-27-. The van der Waals surface area contributed by atoms with Crippen LogP contribution < -0.4 is 0 Å². The summed E-state index contributed by atoms with van der Waals surface area (Å²) in [5.41, 5.74) is 0. The van der Waals surface area contributed by atoms with E-state index in [1.165, 1.54) is 109 Å². The lowest BCUT2D eigenvalue weighted by molar-refractivity contribution is -0.167. The quantitative estimate of drug-likeness (QED) is 0.0262. The van der Waals surface area contributed by atoms with Crippen molar-refractivity contribution in [2.75, 3.05) is 13.2 Å². The summed E-state index contributed by atoms with van der Waals surface area (Å²) in [5.74, 6) is -0.901. The summed E-state index contributed by atoms with van der Waals surface area (Å²) in [5, 5.41) is 0. The molecule has 0 aliphatic heterocycles. The maximum Gasteiger partial charge on any atom is 0.306 e. The second-order valence-corrected chi connectivity index (χ2v) is 17.4. The van der Waals surface area contributed by atoms with Gasteiger partial charge in [-0.1, -0.05) is 216 Å². The molecular weight excluding hydrogens is 769 g/mol. The zero-order chi connectivity index (χ0) is 45.1. The summed E-state index contributed by atoms with van der Waals surface area (Å²) < 4.78 is 16.8. The number of hydrogen-bond acceptors (Lipinski definition) is 6. The molecule has 0 saturated heterocycles. The molecule has 6 heteroatoms. The van der Waals surface area contributed by atoms with E-state index in [0.29, 0.717) is 19.3 Å². The van der Waals surface area contributed by atoms with Crippen molar-refractivity contribution in [3.63, 3.8) is 0 Å². The van der Waals surface area contributed by atoms with Gasteiger partial charge in [-0.2, -0.15) is 0 Å². The minimum absolute atomic E-state index is 0.0814. The molecule has 0 amide bonds. The van der Waals surface area contributed by atoms with Crippen molar-refractivity contribution in [1.82, 2.24) is 0 Å². The number of ether oxygens (including phenoxy) is 3. The monoisotopic (exact) mass is 867 g/mol. The maximum absolute atomic E-state index is 12.8. The van der Waals surface area contributed by atoms with Crippen LogP contribution in [0.5, 0.6) is 0 Å². The van der Waals surface area contributed by atoms with Gasteiger partial charge in [-0.05, 0) is 83.5 Å². The SMILES string of the molecule is CC/C=C\C/C=C\C/C=C\CCCCCCCCCC(=O)OCC(COC(=O)CCCCCCCCCCCCC)OC(=O)CCCCCCC/C=C\C/C=C\CCCCCC. The molecule has 0 bridgehead atoms. The van der Waals surface area contributed by atoms with Crippen molar-refractivity contribution in [2.24, 2.45) is 0 Å². The van der Waals surface area contributed by atoms with Gasteiger partial charge in [-0.3, -0.25) is 14.4 Å². The number of carbonyl (C=O) groups is 3. The first kappa shape index (κ1) is 59.1. The molecule has 1 unspecified atom stereocenters. The van der Waals surface area contributed by atoms with Crippen LogP contribution in [-0.4, -0.2) is 37.2 Å². The fraction of sp³-hybridized carbons (Fsp3) is 0.768. The van der Waals surface area contributed by atoms with E-state index in [9.17, 15) is 14.4 Å². The number of unbranched alkanes of at least 4 members (excludes halogenated alkanes) is 26. The van der Waals surface area contributed by atoms with E-state index in [1.807, 2.05) is 0 Å². The van der Waals surface area contributed by atoms with E-state index in [2.05, 4.69) is 81.5 Å². The third kappa shape index (κ3) is 48.1. The predicted octanol–water partition coefficient (Wildman–Crippen LogP) is 17.3. The van der Waals surface area contributed by atoms with Crippen molar-refractivity contribution in [3.05, 3.63) is 60.8 Å².